The molecule has 9 heteroatoms. The van der Waals surface area contributed by atoms with Gasteiger partial charge in [0, 0.05) is 68.4 Å². The normalized spacial score (nSPS) is 16.0. The first-order valence-electron chi connectivity index (χ1n) is 10.3. The molecule has 0 saturated carbocycles. The van der Waals surface area contributed by atoms with Crippen molar-refractivity contribution in [3.63, 3.8) is 0 Å². The molecule has 5 rings (SSSR count). The van der Waals surface area contributed by atoms with Gasteiger partial charge >= 0.3 is 0 Å². The molecule has 0 radical (unpaired) electrons. The predicted molar refractivity (Wildman–Crippen MR) is 114 cm³/mol. The number of pyridine rings is 2. The van der Waals surface area contributed by atoms with Crippen molar-refractivity contribution < 1.29 is 14.3 Å². The number of hydrogen-bond donors (Lipinski definition) is 0. The van der Waals surface area contributed by atoms with Gasteiger partial charge in [0.15, 0.2) is 0 Å². The third-order valence-electron chi connectivity index (χ3n) is 5.66. The smallest absolute Gasteiger partial charge is 0.255 e. The largest absolute Gasteiger partial charge is 0.481 e. The zero-order valence-electron chi connectivity index (χ0n) is 17.6. The molecule has 1 fully saturated rings. The van der Waals surface area contributed by atoms with E-state index in [0.717, 1.165) is 41.3 Å². The van der Waals surface area contributed by atoms with E-state index in [1.807, 2.05) is 36.3 Å². The SMILES string of the molecule is COc1ccc(-c2nc(N3CCOCC3)cc3c2CN(Cc2cnn(C)c2)C3=O)cn1. The Morgan fingerprint density at radius 1 is 1.19 bits per heavy atom. The average Bonchev–Trinajstić information content (AvgIpc) is 3.36. The summed E-state index contributed by atoms with van der Waals surface area (Å²) in [4.78, 5) is 26.6. The van der Waals surface area contributed by atoms with E-state index >= 15 is 0 Å². The van der Waals surface area contributed by atoms with Crippen LogP contribution in [-0.2, 0) is 24.9 Å². The first kappa shape index (κ1) is 19.5. The van der Waals surface area contributed by atoms with Gasteiger partial charge in [0.25, 0.3) is 5.91 Å². The fraction of sp³-hybridized carbons (Fsp3) is 0.364. The lowest BCUT2D eigenvalue weighted by molar-refractivity contribution is 0.0766. The standard InChI is InChI=1S/C22H24N6O3/c1-26-12-15(10-24-26)13-28-14-18-17(22(28)29)9-19(27-5-7-31-8-6-27)25-21(18)16-3-4-20(30-2)23-11-16/h3-4,9-12H,5-8,13-14H2,1-2H3. The summed E-state index contributed by atoms with van der Waals surface area (Å²) in [5.41, 5.74) is 4.28. The Morgan fingerprint density at radius 2 is 2.03 bits per heavy atom. The van der Waals surface area contributed by atoms with Crippen molar-refractivity contribution in [3.05, 3.63) is 53.5 Å². The Hall–Kier alpha value is -3.46. The molecule has 5 heterocycles. The van der Waals surface area contributed by atoms with E-state index in [9.17, 15) is 4.79 Å². The fourth-order valence-electron chi connectivity index (χ4n) is 4.08. The van der Waals surface area contributed by atoms with Gasteiger partial charge in [-0.15, -0.1) is 0 Å². The van der Waals surface area contributed by atoms with Crippen molar-refractivity contribution in [2.75, 3.05) is 38.3 Å². The molecule has 0 bridgehead atoms. The number of rotatable bonds is 5. The van der Waals surface area contributed by atoms with Crippen LogP contribution in [0.15, 0.2) is 36.8 Å². The van der Waals surface area contributed by atoms with Gasteiger partial charge in [-0.3, -0.25) is 9.48 Å². The summed E-state index contributed by atoms with van der Waals surface area (Å²) in [6.07, 6.45) is 5.47. The van der Waals surface area contributed by atoms with Crippen LogP contribution in [0.1, 0.15) is 21.5 Å². The number of aromatic nitrogens is 4. The Kier molecular flexibility index (Phi) is 5.03. The average molecular weight is 420 g/mol. The van der Waals surface area contributed by atoms with Crippen molar-refractivity contribution in [2.24, 2.45) is 7.05 Å². The number of morpholine rings is 1. The monoisotopic (exact) mass is 420 g/mol. The van der Waals surface area contributed by atoms with Crippen molar-refractivity contribution in [3.8, 4) is 17.1 Å². The summed E-state index contributed by atoms with van der Waals surface area (Å²) in [7, 11) is 3.46. The number of carbonyl (C=O) groups excluding carboxylic acids is 1. The van der Waals surface area contributed by atoms with Gasteiger partial charge in [0.1, 0.15) is 5.82 Å². The predicted octanol–water partition coefficient (Wildman–Crippen LogP) is 1.88. The van der Waals surface area contributed by atoms with Gasteiger partial charge in [-0.1, -0.05) is 0 Å². The molecule has 9 nitrogen and oxygen atoms in total. The number of aryl methyl sites for hydroxylation is 1. The van der Waals surface area contributed by atoms with Gasteiger partial charge in [0.05, 0.1) is 37.8 Å². The number of ether oxygens (including phenoxy) is 2. The van der Waals surface area contributed by atoms with Crippen LogP contribution < -0.4 is 9.64 Å². The molecule has 0 atom stereocenters. The molecule has 0 aromatic carbocycles. The lowest BCUT2D eigenvalue weighted by Crippen LogP contribution is -2.37. The minimum atomic E-state index is 0.0125. The van der Waals surface area contributed by atoms with Crippen LogP contribution in [0.25, 0.3) is 11.3 Å². The van der Waals surface area contributed by atoms with Gasteiger partial charge in [0.2, 0.25) is 5.88 Å². The zero-order chi connectivity index (χ0) is 21.4. The molecule has 0 N–H and O–H groups in total. The van der Waals surface area contributed by atoms with E-state index in [2.05, 4.69) is 15.0 Å². The highest BCUT2D eigenvalue weighted by atomic mass is 16.5. The zero-order valence-corrected chi connectivity index (χ0v) is 17.6. The maximum atomic E-state index is 13.3. The van der Waals surface area contributed by atoms with Crippen molar-refractivity contribution >= 4 is 11.7 Å². The lowest BCUT2D eigenvalue weighted by atomic mass is 10.0. The maximum absolute atomic E-state index is 13.3. The van der Waals surface area contributed by atoms with Crippen LogP contribution >= 0.6 is 0 Å². The van der Waals surface area contributed by atoms with Crippen LogP contribution in [-0.4, -0.2) is 64.0 Å². The second-order valence-corrected chi connectivity index (χ2v) is 7.73. The summed E-state index contributed by atoms with van der Waals surface area (Å²) < 4.78 is 12.4. The number of hydrogen-bond acceptors (Lipinski definition) is 7. The highest BCUT2D eigenvalue weighted by Crippen LogP contribution is 2.35. The molecule has 1 amide bonds. The molecule has 160 valence electrons. The number of carbonyl (C=O) groups is 1. The maximum Gasteiger partial charge on any atom is 0.255 e. The first-order chi connectivity index (χ1) is 15.1. The van der Waals surface area contributed by atoms with Gasteiger partial charge in [-0.2, -0.15) is 5.10 Å². The van der Waals surface area contributed by atoms with Crippen molar-refractivity contribution in [1.29, 1.82) is 0 Å². The highest BCUT2D eigenvalue weighted by Gasteiger charge is 2.32. The summed E-state index contributed by atoms with van der Waals surface area (Å²) in [5.74, 6) is 1.35. The second kappa shape index (κ2) is 7.99. The molecule has 3 aromatic rings. The summed E-state index contributed by atoms with van der Waals surface area (Å²) in [5, 5.41) is 4.22. The Bertz CT molecular complexity index is 1100. The lowest BCUT2D eigenvalue weighted by Gasteiger charge is -2.28. The Morgan fingerprint density at radius 3 is 2.71 bits per heavy atom. The number of nitrogens with zero attached hydrogens (tertiary/aromatic N) is 6. The molecule has 1 saturated heterocycles. The first-order valence-corrected chi connectivity index (χ1v) is 10.3. The van der Waals surface area contributed by atoms with Gasteiger partial charge < -0.3 is 19.3 Å². The van der Waals surface area contributed by atoms with Gasteiger partial charge in [-0.25, -0.2) is 9.97 Å². The number of anilines is 1. The van der Waals surface area contributed by atoms with E-state index in [0.29, 0.717) is 37.7 Å². The summed E-state index contributed by atoms with van der Waals surface area (Å²) in [6.45, 7) is 3.81. The minimum Gasteiger partial charge on any atom is -0.481 e. The van der Waals surface area contributed by atoms with E-state index in [-0.39, 0.29) is 5.91 Å². The van der Waals surface area contributed by atoms with Crippen LogP contribution in [0.2, 0.25) is 0 Å². The van der Waals surface area contributed by atoms with E-state index in [1.54, 1.807) is 24.2 Å². The van der Waals surface area contributed by atoms with Crippen molar-refractivity contribution in [1.82, 2.24) is 24.6 Å². The molecular weight excluding hydrogens is 396 g/mol. The number of fused-ring (bicyclic) bond motifs is 1. The third-order valence-corrected chi connectivity index (χ3v) is 5.66. The number of amides is 1. The minimum absolute atomic E-state index is 0.0125. The molecule has 31 heavy (non-hydrogen) atoms. The molecule has 0 unspecified atom stereocenters. The van der Waals surface area contributed by atoms with Crippen LogP contribution in [0.5, 0.6) is 5.88 Å². The molecule has 2 aliphatic rings. The Labute approximate surface area is 180 Å². The molecule has 0 spiro atoms. The molecule has 0 aliphatic carbocycles. The van der Waals surface area contributed by atoms with E-state index in [1.165, 1.54) is 0 Å². The highest BCUT2D eigenvalue weighted by molar-refractivity contribution is 6.01. The number of methoxy groups -OCH3 is 1. The van der Waals surface area contributed by atoms with E-state index in [4.69, 9.17) is 14.5 Å². The molecule has 3 aromatic heterocycles. The van der Waals surface area contributed by atoms with Crippen LogP contribution in [0.3, 0.4) is 0 Å². The fourth-order valence-corrected chi connectivity index (χ4v) is 4.08. The third kappa shape index (κ3) is 3.72. The Balaban J connectivity index is 1.54. The summed E-state index contributed by atoms with van der Waals surface area (Å²) >= 11 is 0. The van der Waals surface area contributed by atoms with E-state index < -0.39 is 0 Å². The molecular formula is C22H24N6O3. The quantitative estimate of drug-likeness (QED) is 0.623. The second-order valence-electron chi connectivity index (χ2n) is 7.73. The summed E-state index contributed by atoms with van der Waals surface area (Å²) in [6, 6.07) is 5.67. The van der Waals surface area contributed by atoms with Crippen LogP contribution in [0.4, 0.5) is 5.82 Å². The molecule has 2 aliphatic heterocycles. The van der Waals surface area contributed by atoms with Crippen molar-refractivity contribution in [2.45, 2.75) is 13.1 Å². The van der Waals surface area contributed by atoms with Crippen LogP contribution in [0, 0.1) is 0 Å². The topological polar surface area (TPSA) is 85.6 Å². The van der Waals surface area contributed by atoms with Gasteiger partial charge in [-0.05, 0) is 12.1 Å².